The number of rotatable bonds is 2. The summed E-state index contributed by atoms with van der Waals surface area (Å²) in [6, 6.07) is 0. The molecule has 1 aliphatic carbocycles. The first-order valence-corrected chi connectivity index (χ1v) is 7.71. The van der Waals surface area contributed by atoms with Gasteiger partial charge in [-0.05, 0) is 18.3 Å². The van der Waals surface area contributed by atoms with Crippen LogP contribution in [-0.2, 0) is 9.59 Å². The van der Waals surface area contributed by atoms with Crippen molar-refractivity contribution in [1.82, 2.24) is 4.98 Å². The molecule has 2 amide bonds. The molecule has 3 rings (SSSR count). The molecular weight excluding hydrogens is 276 g/mol. The second-order valence-electron chi connectivity index (χ2n) is 5.76. The summed E-state index contributed by atoms with van der Waals surface area (Å²) in [6.07, 6.45) is 4.99. The van der Waals surface area contributed by atoms with Crippen LogP contribution in [0.3, 0.4) is 0 Å². The van der Waals surface area contributed by atoms with Gasteiger partial charge < -0.3 is 0 Å². The molecule has 2 aliphatic rings. The minimum atomic E-state index is -0.174. The summed E-state index contributed by atoms with van der Waals surface area (Å²) < 4.78 is 0. The van der Waals surface area contributed by atoms with E-state index in [-0.39, 0.29) is 23.0 Å². The molecule has 2 fully saturated rings. The summed E-state index contributed by atoms with van der Waals surface area (Å²) in [5.41, 5.74) is 0.206. The van der Waals surface area contributed by atoms with Crippen LogP contribution in [0.1, 0.15) is 55.9 Å². The van der Waals surface area contributed by atoms with E-state index < -0.39 is 0 Å². The van der Waals surface area contributed by atoms with Gasteiger partial charge in [0.25, 0.3) is 0 Å². The molecule has 6 heteroatoms. The fourth-order valence-corrected chi connectivity index (χ4v) is 4.12. The molecule has 106 valence electrons. The van der Waals surface area contributed by atoms with Crippen LogP contribution < -0.4 is 4.90 Å². The van der Waals surface area contributed by atoms with Crippen molar-refractivity contribution in [2.75, 3.05) is 4.90 Å². The average Bonchev–Trinajstić information content (AvgIpc) is 2.98. The van der Waals surface area contributed by atoms with Crippen molar-refractivity contribution in [2.45, 2.75) is 45.4 Å². The number of hydrogen-bond acceptors (Lipinski definition) is 5. The number of carbonyl (C=O) groups is 3. The van der Waals surface area contributed by atoms with Crippen molar-refractivity contribution in [3.8, 4) is 0 Å². The van der Waals surface area contributed by atoms with Crippen LogP contribution >= 0.6 is 11.3 Å². The Morgan fingerprint density at radius 3 is 2.35 bits per heavy atom. The van der Waals surface area contributed by atoms with E-state index in [1.54, 1.807) is 5.38 Å². The zero-order valence-electron chi connectivity index (χ0n) is 11.3. The Hall–Kier alpha value is -1.56. The molecule has 1 aromatic heterocycles. The number of aromatic nitrogens is 1. The lowest BCUT2D eigenvalue weighted by atomic mass is 9.76. The van der Waals surface area contributed by atoms with Crippen molar-refractivity contribution in [3.05, 3.63) is 11.1 Å². The van der Waals surface area contributed by atoms with E-state index in [1.807, 2.05) is 0 Å². The third kappa shape index (κ3) is 2.18. The number of carbonyl (C=O) groups excluding carboxylic acids is 3. The van der Waals surface area contributed by atoms with Gasteiger partial charge in [0, 0.05) is 25.1 Å². The molecule has 20 heavy (non-hydrogen) atoms. The minimum Gasteiger partial charge on any atom is -0.293 e. The molecule has 1 aliphatic heterocycles. The topological polar surface area (TPSA) is 67.3 Å². The van der Waals surface area contributed by atoms with Crippen LogP contribution in [0.4, 0.5) is 5.13 Å². The largest absolute Gasteiger partial charge is 0.293 e. The predicted octanol–water partition coefficient (Wildman–Crippen LogP) is 2.56. The normalized spacial score (nSPS) is 21.8. The number of nitrogens with zero attached hydrogens (tertiary/aromatic N) is 2. The second kappa shape index (κ2) is 4.77. The van der Waals surface area contributed by atoms with Crippen LogP contribution in [0.15, 0.2) is 5.38 Å². The lowest BCUT2D eigenvalue weighted by molar-refractivity contribution is -0.133. The second-order valence-corrected chi connectivity index (χ2v) is 6.59. The summed E-state index contributed by atoms with van der Waals surface area (Å²) in [5.74, 6) is -0.503. The summed E-state index contributed by atoms with van der Waals surface area (Å²) in [7, 11) is 0. The monoisotopic (exact) mass is 292 g/mol. The summed E-state index contributed by atoms with van der Waals surface area (Å²) in [4.78, 5) is 41.2. The molecule has 2 heterocycles. The van der Waals surface area contributed by atoms with E-state index in [2.05, 4.69) is 4.98 Å². The molecule has 0 atom stereocenters. The number of hydrogen-bond donors (Lipinski definition) is 0. The average molecular weight is 292 g/mol. The standard InChI is InChI=1S/C14H16N2O3S/c1-9(17)10-8-20-13(15-10)16-11(18)6-14(7-12(16)19)4-2-3-5-14/h8H,2-7H2,1H3. The van der Waals surface area contributed by atoms with E-state index in [0.29, 0.717) is 23.7 Å². The molecule has 0 radical (unpaired) electrons. The first-order chi connectivity index (χ1) is 9.51. The number of ketones is 1. The van der Waals surface area contributed by atoms with Gasteiger partial charge in [-0.3, -0.25) is 14.4 Å². The highest BCUT2D eigenvalue weighted by molar-refractivity contribution is 7.14. The Kier molecular flexibility index (Phi) is 3.20. The van der Waals surface area contributed by atoms with Gasteiger partial charge in [0.1, 0.15) is 5.69 Å². The quantitative estimate of drug-likeness (QED) is 0.620. The van der Waals surface area contributed by atoms with Crippen LogP contribution in [0.2, 0.25) is 0 Å². The Balaban J connectivity index is 1.85. The van der Waals surface area contributed by atoms with Gasteiger partial charge in [-0.1, -0.05) is 12.8 Å². The zero-order chi connectivity index (χ0) is 14.3. The molecule has 1 saturated heterocycles. The maximum Gasteiger partial charge on any atom is 0.236 e. The maximum absolute atomic E-state index is 12.3. The molecule has 0 aromatic carbocycles. The lowest BCUT2D eigenvalue weighted by Crippen LogP contribution is -2.47. The fourth-order valence-electron chi connectivity index (χ4n) is 3.22. The van der Waals surface area contributed by atoms with Crippen LogP contribution in [-0.4, -0.2) is 22.6 Å². The first kappa shape index (κ1) is 13.4. The van der Waals surface area contributed by atoms with Gasteiger partial charge in [0.05, 0.1) is 0 Å². The Morgan fingerprint density at radius 1 is 1.25 bits per heavy atom. The van der Waals surface area contributed by atoms with Crippen LogP contribution in [0.5, 0.6) is 0 Å². The lowest BCUT2D eigenvalue weighted by Gasteiger charge is -2.36. The highest BCUT2D eigenvalue weighted by Gasteiger charge is 2.46. The molecule has 1 spiro atoms. The van der Waals surface area contributed by atoms with Crippen molar-refractivity contribution >= 4 is 34.1 Å². The maximum atomic E-state index is 12.3. The highest BCUT2D eigenvalue weighted by atomic mass is 32.1. The van der Waals surface area contributed by atoms with Crippen molar-refractivity contribution in [3.63, 3.8) is 0 Å². The summed E-state index contributed by atoms with van der Waals surface area (Å²) >= 11 is 1.18. The van der Waals surface area contributed by atoms with Crippen LogP contribution in [0.25, 0.3) is 0 Å². The third-order valence-electron chi connectivity index (χ3n) is 4.26. The van der Waals surface area contributed by atoms with Gasteiger partial charge in [-0.25, -0.2) is 9.88 Å². The van der Waals surface area contributed by atoms with Gasteiger partial charge in [0.15, 0.2) is 10.9 Å². The van der Waals surface area contributed by atoms with E-state index >= 15 is 0 Å². The summed E-state index contributed by atoms with van der Waals surface area (Å²) in [6.45, 7) is 1.42. The molecule has 0 unspecified atom stereocenters. The van der Waals surface area contributed by atoms with Gasteiger partial charge in [-0.15, -0.1) is 11.3 Å². The molecule has 0 bridgehead atoms. The van der Waals surface area contributed by atoms with E-state index in [9.17, 15) is 14.4 Å². The van der Waals surface area contributed by atoms with E-state index in [0.717, 1.165) is 25.7 Å². The SMILES string of the molecule is CC(=O)c1csc(N2C(=O)CC3(CCCC3)CC2=O)n1. The van der Waals surface area contributed by atoms with Crippen molar-refractivity contribution in [1.29, 1.82) is 0 Å². The molecule has 0 N–H and O–H groups in total. The minimum absolute atomic E-state index is 0.106. The number of piperidine rings is 1. The Labute approximate surface area is 121 Å². The molecular formula is C14H16N2O3S. The van der Waals surface area contributed by atoms with Gasteiger partial charge in [-0.2, -0.15) is 0 Å². The molecule has 5 nitrogen and oxygen atoms in total. The molecule has 1 aromatic rings. The van der Waals surface area contributed by atoms with Crippen LogP contribution in [0, 0.1) is 5.41 Å². The fraction of sp³-hybridized carbons (Fsp3) is 0.571. The number of imide groups is 1. The third-order valence-corrected chi connectivity index (χ3v) is 5.09. The van der Waals surface area contributed by atoms with E-state index in [4.69, 9.17) is 0 Å². The summed E-state index contributed by atoms with van der Waals surface area (Å²) in [5, 5.41) is 1.93. The predicted molar refractivity (Wildman–Crippen MR) is 74.7 cm³/mol. The van der Waals surface area contributed by atoms with Gasteiger partial charge >= 0.3 is 0 Å². The van der Waals surface area contributed by atoms with Crippen molar-refractivity contribution in [2.24, 2.45) is 5.41 Å². The smallest absolute Gasteiger partial charge is 0.236 e. The number of thiazole rings is 1. The van der Waals surface area contributed by atoms with Gasteiger partial charge in [0.2, 0.25) is 11.8 Å². The Morgan fingerprint density at radius 2 is 1.85 bits per heavy atom. The first-order valence-electron chi connectivity index (χ1n) is 6.83. The number of anilines is 1. The highest BCUT2D eigenvalue weighted by Crippen LogP contribution is 2.47. The zero-order valence-corrected chi connectivity index (χ0v) is 12.2. The number of amides is 2. The van der Waals surface area contributed by atoms with E-state index in [1.165, 1.54) is 23.2 Å². The molecule has 1 saturated carbocycles. The number of Topliss-reactive ketones (excluding diaryl/α,β-unsaturated/α-hetero) is 1. The van der Waals surface area contributed by atoms with Crippen molar-refractivity contribution < 1.29 is 14.4 Å². The Bertz CT molecular complexity index is 567.